The lowest BCUT2D eigenvalue weighted by atomic mass is 10.1. The van der Waals surface area contributed by atoms with E-state index in [1.54, 1.807) is 7.05 Å². The van der Waals surface area contributed by atoms with Crippen LogP contribution in [-0.4, -0.2) is 74.5 Å². The fourth-order valence-electron chi connectivity index (χ4n) is 3.49. The Bertz CT molecular complexity index is 663. The molecule has 0 spiro atoms. The first-order valence-electron chi connectivity index (χ1n) is 9.93. The minimum Gasteiger partial charge on any atom is -0.375 e. The van der Waals surface area contributed by atoms with Gasteiger partial charge < -0.3 is 25.0 Å². The Morgan fingerprint density at radius 3 is 2.72 bits per heavy atom. The van der Waals surface area contributed by atoms with E-state index in [1.165, 1.54) is 6.07 Å². The Balaban J connectivity index is 1.37. The molecule has 3 rings (SSSR count). The van der Waals surface area contributed by atoms with Crippen molar-refractivity contribution >= 4 is 11.8 Å². The number of aliphatic imine (C=N–C) groups is 1. The standard InChI is InChI=1S/C19H28F3N5O2/c1-23-18(27-9-11-29-16(13-27)15-4-2-10-28-15)25-8-3-7-24-17-6-5-14(12-26-17)19(20,21)22/h5-6,12,15-16H,2-4,7-11,13H2,1H3,(H,23,25)(H,24,26). The summed E-state index contributed by atoms with van der Waals surface area (Å²) in [5.41, 5.74) is -0.750. The van der Waals surface area contributed by atoms with Crippen molar-refractivity contribution in [1.29, 1.82) is 0 Å². The molecule has 0 aliphatic carbocycles. The third-order valence-corrected chi connectivity index (χ3v) is 5.02. The van der Waals surface area contributed by atoms with Crippen LogP contribution in [0.25, 0.3) is 0 Å². The fraction of sp³-hybridized carbons (Fsp3) is 0.684. The van der Waals surface area contributed by atoms with Crippen LogP contribution in [0.1, 0.15) is 24.8 Å². The van der Waals surface area contributed by atoms with Gasteiger partial charge in [0.2, 0.25) is 0 Å². The van der Waals surface area contributed by atoms with Crippen LogP contribution in [0.3, 0.4) is 0 Å². The zero-order chi connectivity index (χ0) is 20.7. The number of hydrogen-bond acceptors (Lipinski definition) is 5. The molecular formula is C19H28F3N5O2. The highest BCUT2D eigenvalue weighted by molar-refractivity contribution is 5.80. The number of aromatic nitrogens is 1. The van der Waals surface area contributed by atoms with Crippen molar-refractivity contribution in [3.8, 4) is 0 Å². The van der Waals surface area contributed by atoms with Crippen molar-refractivity contribution in [2.45, 2.75) is 37.6 Å². The Labute approximate surface area is 168 Å². The largest absolute Gasteiger partial charge is 0.417 e. The van der Waals surface area contributed by atoms with Crippen LogP contribution in [0.2, 0.25) is 0 Å². The van der Waals surface area contributed by atoms with Gasteiger partial charge in [0, 0.05) is 46.0 Å². The van der Waals surface area contributed by atoms with E-state index in [0.717, 1.165) is 57.2 Å². The highest BCUT2D eigenvalue weighted by Gasteiger charge is 2.32. The highest BCUT2D eigenvalue weighted by Crippen LogP contribution is 2.28. The molecule has 2 saturated heterocycles. The zero-order valence-electron chi connectivity index (χ0n) is 16.5. The Morgan fingerprint density at radius 2 is 2.07 bits per heavy atom. The molecule has 2 aliphatic rings. The summed E-state index contributed by atoms with van der Waals surface area (Å²) in [6, 6.07) is 2.37. The molecule has 0 amide bonds. The van der Waals surface area contributed by atoms with Crippen LogP contribution in [0, 0.1) is 0 Å². The predicted octanol–water partition coefficient (Wildman–Crippen LogP) is 2.36. The molecule has 0 bridgehead atoms. The summed E-state index contributed by atoms with van der Waals surface area (Å²) in [5.74, 6) is 1.25. The molecule has 7 nitrogen and oxygen atoms in total. The van der Waals surface area contributed by atoms with Crippen molar-refractivity contribution in [2.24, 2.45) is 4.99 Å². The van der Waals surface area contributed by atoms with E-state index < -0.39 is 11.7 Å². The number of morpholine rings is 1. The number of rotatable bonds is 6. The molecule has 2 atom stereocenters. The van der Waals surface area contributed by atoms with Crippen molar-refractivity contribution in [1.82, 2.24) is 15.2 Å². The van der Waals surface area contributed by atoms with Gasteiger partial charge in [-0.3, -0.25) is 4.99 Å². The maximum absolute atomic E-state index is 12.5. The van der Waals surface area contributed by atoms with Gasteiger partial charge in [-0.05, 0) is 31.4 Å². The number of guanidine groups is 1. The number of hydrogen-bond donors (Lipinski definition) is 2. The van der Waals surface area contributed by atoms with Crippen LogP contribution < -0.4 is 10.6 Å². The maximum atomic E-state index is 12.5. The van der Waals surface area contributed by atoms with E-state index in [-0.39, 0.29) is 12.2 Å². The third-order valence-electron chi connectivity index (χ3n) is 5.02. The number of halogens is 3. The smallest absolute Gasteiger partial charge is 0.375 e. The van der Waals surface area contributed by atoms with Crippen molar-refractivity contribution in [2.75, 3.05) is 51.8 Å². The van der Waals surface area contributed by atoms with Gasteiger partial charge in [0.15, 0.2) is 5.96 Å². The quantitative estimate of drug-likeness (QED) is 0.422. The average Bonchev–Trinajstić information content (AvgIpc) is 3.25. The summed E-state index contributed by atoms with van der Waals surface area (Å²) >= 11 is 0. The van der Waals surface area contributed by atoms with Crippen LogP contribution >= 0.6 is 0 Å². The summed E-state index contributed by atoms with van der Waals surface area (Å²) < 4.78 is 49.3. The Kier molecular flexibility index (Phi) is 7.54. The second-order valence-corrected chi connectivity index (χ2v) is 7.09. The topological polar surface area (TPSA) is 71.0 Å². The third kappa shape index (κ3) is 6.20. The monoisotopic (exact) mass is 415 g/mol. The van der Waals surface area contributed by atoms with Crippen LogP contribution in [0.4, 0.5) is 19.0 Å². The molecule has 3 heterocycles. The minimum atomic E-state index is -4.37. The van der Waals surface area contributed by atoms with Gasteiger partial charge in [0.25, 0.3) is 0 Å². The first-order valence-corrected chi connectivity index (χ1v) is 9.93. The van der Waals surface area contributed by atoms with E-state index in [0.29, 0.717) is 25.5 Å². The molecule has 2 fully saturated rings. The van der Waals surface area contributed by atoms with E-state index >= 15 is 0 Å². The van der Waals surface area contributed by atoms with Gasteiger partial charge >= 0.3 is 6.18 Å². The van der Waals surface area contributed by atoms with Gasteiger partial charge in [-0.25, -0.2) is 4.98 Å². The molecule has 0 radical (unpaired) electrons. The van der Waals surface area contributed by atoms with Crippen molar-refractivity contribution in [3.63, 3.8) is 0 Å². The molecule has 0 saturated carbocycles. The lowest BCUT2D eigenvalue weighted by Crippen LogP contribution is -2.53. The SMILES string of the molecule is CN=C(NCCCNc1ccc(C(F)(F)F)cn1)N1CCOC(C2CCCO2)C1. The van der Waals surface area contributed by atoms with Gasteiger partial charge in [-0.1, -0.05) is 0 Å². The van der Waals surface area contributed by atoms with E-state index in [1.807, 2.05) is 0 Å². The fourth-order valence-corrected chi connectivity index (χ4v) is 3.49. The lowest BCUT2D eigenvalue weighted by molar-refractivity contribution is -0.137. The highest BCUT2D eigenvalue weighted by atomic mass is 19.4. The van der Waals surface area contributed by atoms with Crippen molar-refractivity contribution < 1.29 is 22.6 Å². The van der Waals surface area contributed by atoms with Crippen LogP contribution in [0.5, 0.6) is 0 Å². The van der Waals surface area contributed by atoms with Gasteiger partial charge in [-0.2, -0.15) is 13.2 Å². The van der Waals surface area contributed by atoms with Gasteiger partial charge in [0.05, 0.1) is 18.3 Å². The molecule has 1 aromatic rings. The first-order chi connectivity index (χ1) is 14.0. The summed E-state index contributed by atoms with van der Waals surface area (Å²) in [5, 5.41) is 6.37. The minimum absolute atomic E-state index is 0.0669. The van der Waals surface area contributed by atoms with Crippen LogP contribution in [-0.2, 0) is 15.7 Å². The van der Waals surface area contributed by atoms with Crippen LogP contribution in [0.15, 0.2) is 23.3 Å². The molecule has 162 valence electrons. The number of nitrogens with zero attached hydrogens (tertiary/aromatic N) is 3. The number of nitrogens with one attached hydrogen (secondary N) is 2. The maximum Gasteiger partial charge on any atom is 0.417 e. The van der Waals surface area contributed by atoms with Crippen molar-refractivity contribution in [3.05, 3.63) is 23.9 Å². The molecule has 2 aliphatic heterocycles. The second-order valence-electron chi connectivity index (χ2n) is 7.09. The molecule has 2 N–H and O–H groups in total. The predicted molar refractivity (Wildman–Crippen MR) is 104 cm³/mol. The van der Waals surface area contributed by atoms with Gasteiger partial charge in [0.1, 0.15) is 11.9 Å². The molecule has 10 heteroatoms. The average molecular weight is 415 g/mol. The first kappa shape index (κ1) is 21.6. The zero-order valence-corrected chi connectivity index (χ0v) is 16.5. The molecule has 1 aromatic heterocycles. The van der Waals surface area contributed by atoms with E-state index in [2.05, 4.69) is 25.5 Å². The number of alkyl halides is 3. The molecule has 2 unspecified atom stereocenters. The van der Waals surface area contributed by atoms with E-state index in [4.69, 9.17) is 9.47 Å². The molecule has 0 aromatic carbocycles. The normalized spacial score (nSPS) is 23.3. The Hall–Kier alpha value is -2.07. The lowest BCUT2D eigenvalue weighted by Gasteiger charge is -2.37. The van der Waals surface area contributed by atoms with E-state index in [9.17, 15) is 13.2 Å². The summed E-state index contributed by atoms with van der Waals surface area (Å²) in [6.07, 6.45) is -0.416. The second kappa shape index (κ2) is 10.1. The molecular weight excluding hydrogens is 387 g/mol. The Morgan fingerprint density at radius 1 is 1.24 bits per heavy atom. The van der Waals surface area contributed by atoms with Gasteiger partial charge in [-0.15, -0.1) is 0 Å². The number of ether oxygens (including phenoxy) is 2. The number of pyridine rings is 1. The number of anilines is 1. The summed E-state index contributed by atoms with van der Waals surface area (Å²) in [6.45, 7) is 4.24. The summed E-state index contributed by atoms with van der Waals surface area (Å²) in [4.78, 5) is 10.3. The molecule has 29 heavy (non-hydrogen) atoms. The summed E-state index contributed by atoms with van der Waals surface area (Å²) in [7, 11) is 1.75.